The van der Waals surface area contributed by atoms with Crippen LogP contribution in [-0.4, -0.2) is 41.5 Å². The fourth-order valence-electron chi connectivity index (χ4n) is 2.57. The third kappa shape index (κ3) is 4.55. The van der Waals surface area contributed by atoms with Crippen LogP contribution in [0.4, 0.5) is 5.00 Å². The molecule has 2 N–H and O–H groups in total. The SMILES string of the molecule is N#Cc1ccsc1NC(=O)CN1CCCC(CC(=O)O)C1. The first-order chi connectivity index (χ1) is 10.1. The molecule has 0 saturated carbocycles. The lowest BCUT2D eigenvalue weighted by atomic mass is 9.95. The van der Waals surface area contributed by atoms with Gasteiger partial charge in [-0.15, -0.1) is 11.3 Å². The van der Waals surface area contributed by atoms with Crippen molar-refractivity contribution < 1.29 is 14.7 Å². The van der Waals surface area contributed by atoms with Gasteiger partial charge in [0.2, 0.25) is 5.91 Å². The van der Waals surface area contributed by atoms with Crippen LogP contribution in [0, 0.1) is 17.2 Å². The van der Waals surface area contributed by atoms with Gasteiger partial charge in [-0.1, -0.05) is 0 Å². The Hall–Kier alpha value is -1.91. The molecule has 1 amide bonds. The summed E-state index contributed by atoms with van der Waals surface area (Å²) in [5.74, 6) is -0.839. The molecule has 0 bridgehead atoms. The Balaban J connectivity index is 1.85. The minimum atomic E-state index is -0.788. The maximum atomic E-state index is 12.0. The summed E-state index contributed by atoms with van der Waals surface area (Å²) >= 11 is 1.32. The second-order valence-electron chi connectivity index (χ2n) is 5.16. The van der Waals surface area contributed by atoms with Crippen molar-refractivity contribution in [3.05, 3.63) is 17.0 Å². The van der Waals surface area contributed by atoms with E-state index in [1.54, 1.807) is 11.4 Å². The van der Waals surface area contributed by atoms with E-state index < -0.39 is 5.97 Å². The summed E-state index contributed by atoms with van der Waals surface area (Å²) in [4.78, 5) is 24.7. The number of aliphatic carboxylic acids is 1. The molecule has 0 aromatic carbocycles. The van der Waals surface area contributed by atoms with E-state index in [2.05, 4.69) is 5.32 Å². The van der Waals surface area contributed by atoms with Crippen LogP contribution in [0.1, 0.15) is 24.8 Å². The summed E-state index contributed by atoms with van der Waals surface area (Å²) in [5, 5.41) is 22.8. The summed E-state index contributed by atoms with van der Waals surface area (Å²) in [6, 6.07) is 3.70. The number of anilines is 1. The number of rotatable bonds is 5. The van der Waals surface area contributed by atoms with Gasteiger partial charge in [-0.3, -0.25) is 14.5 Å². The van der Waals surface area contributed by atoms with E-state index in [0.717, 1.165) is 19.4 Å². The van der Waals surface area contributed by atoms with Crippen molar-refractivity contribution in [3.63, 3.8) is 0 Å². The molecule has 2 rings (SSSR count). The molecule has 112 valence electrons. The zero-order valence-corrected chi connectivity index (χ0v) is 12.4. The first kappa shape index (κ1) is 15.5. The van der Waals surface area contributed by atoms with Gasteiger partial charge in [-0.2, -0.15) is 5.26 Å². The van der Waals surface area contributed by atoms with Crippen molar-refractivity contribution in [3.8, 4) is 6.07 Å². The molecule has 0 spiro atoms. The van der Waals surface area contributed by atoms with E-state index in [4.69, 9.17) is 10.4 Å². The minimum Gasteiger partial charge on any atom is -0.481 e. The molecule has 1 aliphatic rings. The zero-order valence-electron chi connectivity index (χ0n) is 11.5. The van der Waals surface area contributed by atoms with Crippen molar-refractivity contribution in [1.29, 1.82) is 5.26 Å². The van der Waals surface area contributed by atoms with E-state index in [0.29, 0.717) is 17.1 Å². The van der Waals surface area contributed by atoms with Crippen molar-refractivity contribution in [2.24, 2.45) is 5.92 Å². The van der Waals surface area contributed by atoms with Crippen molar-refractivity contribution in [2.75, 3.05) is 25.0 Å². The molecule has 21 heavy (non-hydrogen) atoms. The van der Waals surface area contributed by atoms with Crippen LogP contribution in [-0.2, 0) is 9.59 Å². The van der Waals surface area contributed by atoms with E-state index in [-0.39, 0.29) is 24.8 Å². The number of nitrogens with zero attached hydrogens (tertiary/aromatic N) is 2. The Kier molecular flexibility index (Phi) is 5.31. The number of nitriles is 1. The first-order valence-electron chi connectivity index (χ1n) is 6.80. The third-order valence-corrected chi connectivity index (χ3v) is 4.30. The lowest BCUT2D eigenvalue weighted by Crippen LogP contribution is -2.41. The van der Waals surface area contributed by atoms with Crippen LogP contribution in [0.5, 0.6) is 0 Å². The highest BCUT2D eigenvalue weighted by atomic mass is 32.1. The fraction of sp³-hybridized carbons (Fsp3) is 0.500. The first-order valence-corrected chi connectivity index (χ1v) is 7.68. The number of carbonyl (C=O) groups is 2. The Labute approximate surface area is 127 Å². The van der Waals surface area contributed by atoms with Gasteiger partial charge in [-0.25, -0.2) is 0 Å². The van der Waals surface area contributed by atoms with Crippen LogP contribution in [0.15, 0.2) is 11.4 Å². The summed E-state index contributed by atoms with van der Waals surface area (Å²) in [7, 11) is 0. The molecule has 0 aliphatic carbocycles. The van der Waals surface area contributed by atoms with E-state index in [1.807, 2.05) is 11.0 Å². The van der Waals surface area contributed by atoms with Gasteiger partial charge >= 0.3 is 5.97 Å². The van der Waals surface area contributed by atoms with Gasteiger partial charge in [0.1, 0.15) is 11.1 Å². The lowest BCUT2D eigenvalue weighted by molar-refractivity contribution is -0.138. The van der Waals surface area contributed by atoms with Crippen LogP contribution >= 0.6 is 11.3 Å². The number of amides is 1. The standard InChI is InChI=1S/C14H17N3O3S/c15-7-11-3-5-21-14(11)16-12(18)9-17-4-1-2-10(8-17)6-13(19)20/h3,5,10H,1-2,4,6,8-9H2,(H,16,18)(H,19,20). The Morgan fingerprint density at radius 2 is 2.38 bits per heavy atom. The van der Waals surface area contributed by atoms with Crippen molar-refractivity contribution in [1.82, 2.24) is 4.90 Å². The summed E-state index contributed by atoms with van der Waals surface area (Å²) in [5.41, 5.74) is 0.468. The van der Waals surface area contributed by atoms with Crippen LogP contribution < -0.4 is 5.32 Å². The summed E-state index contributed by atoms with van der Waals surface area (Å²) in [6.45, 7) is 1.67. The number of nitrogens with one attached hydrogen (secondary N) is 1. The Bertz CT molecular complexity index is 564. The topological polar surface area (TPSA) is 93.4 Å². The molecule has 1 aliphatic heterocycles. The molecule has 2 heterocycles. The number of carboxylic acids is 1. The van der Waals surface area contributed by atoms with E-state index in [9.17, 15) is 9.59 Å². The van der Waals surface area contributed by atoms with Crippen LogP contribution in [0.2, 0.25) is 0 Å². The van der Waals surface area contributed by atoms with Gasteiger partial charge in [-0.05, 0) is 36.8 Å². The fourth-order valence-corrected chi connectivity index (χ4v) is 3.33. The monoisotopic (exact) mass is 307 g/mol. The average molecular weight is 307 g/mol. The second kappa shape index (κ2) is 7.20. The number of likely N-dealkylation sites (tertiary alicyclic amines) is 1. The number of hydrogen-bond acceptors (Lipinski definition) is 5. The van der Waals surface area contributed by atoms with Gasteiger partial charge in [0.25, 0.3) is 0 Å². The van der Waals surface area contributed by atoms with Crippen molar-refractivity contribution in [2.45, 2.75) is 19.3 Å². The quantitative estimate of drug-likeness (QED) is 0.864. The maximum Gasteiger partial charge on any atom is 0.303 e. The molecule has 1 unspecified atom stereocenters. The molecule has 0 radical (unpaired) electrons. The van der Waals surface area contributed by atoms with Gasteiger partial charge in [0, 0.05) is 13.0 Å². The highest BCUT2D eigenvalue weighted by Crippen LogP contribution is 2.23. The predicted molar refractivity (Wildman–Crippen MR) is 79.1 cm³/mol. The molecular formula is C14H17N3O3S. The normalized spacial score (nSPS) is 18.9. The number of thiophene rings is 1. The number of carboxylic acid groups (broad SMARTS) is 1. The zero-order chi connectivity index (χ0) is 15.2. The van der Waals surface area contributed by atoms with Crippen molar-refractivity contribution >= 4 is 28.2 Å². The smallest absolute Gasteiger partial charge is 0.303 e. The van der Waals surface area contributed by atoms with E-state index in [1.165, 1.54) is 11.3 Å². The largest absolute Gasteiger partial charge is 0.481 e. The van der Waals surface area contributed by atoms with Crippen LogP contribution in [0.25, 0.3) is 0 Å². The molecule has 6 nitrogen and oxygen atoms in total. The molecule has 1 aromatic rings. The predicted octanol–water partition coefficient (Wildman–Crippen LogP) is 1.74. The lowest BCUT2D eigenvalue weighted by Gasteiger charge is -2.31. The summed E-state index contributed by atoms with van der Waals surface area (Å²) < 4.78 is 0. The number of carbonyl (C=O) groups excluding carboxylic acids is 1. The van der Waals surface area contributed by atoms with E-state index >= 15 is 0 Å². The minimum absolute atomic E-state index is 0.112. The summed E-state index contributed by atoms with van der Waals surface area (Å²) in [6.07, 6.45) is 1.96. The molecule has 1 atom stereocenters. The molecule has 1 fully saturated rings. The maximum absolute atomic E-state index is 12.0. The Morgan fingerprint density at radius 1 is 1.57 bits per heavy atom. The second-order valence-corrected chi connectivity index (χ2v) is 6.08. The number of piperidine rings is 1. The van der Waals surface area contributed by atoms with Gasteiger partial charge in [0.15, 0.2) is 0 Å². The molecule has 1 aromatic heterocycles. The molecule has 7 heteroatoms. The molecular weight excluding hydrogens is 290 g/mol. The average Bonchev–Trinajstić information content (AvgIpc) is 2.85. The van der Waals surface area contributed by atoms with Gasteiger partial charge in [0.05, 0.1) is 12.1 Å². The number of hydrogen-bond donors (Lipinski definition) is 2. The molecule has 1 saturated heterocycles. The van der Waals surface area contributed by atoms with Gasteiger partial charge < -0.3 is 10.4 Å². The van der Waals surface area contributed by atoms with Crippen LogP contribution in [0.3, 0.4) is 0 Å². The third-order valence-electron chi connectivity index (χ3n) is 3.47. The Morgan fingerprint density at radius 3 is 3.10 bits per heavy atom. The highest BCUT2D eigenvalue weighted by Gasteiger charge is 2.23. The highest BCUT2D eigenvalue weighted by molar-refractivity contribution is 7.14.